The average molecular weight is 308 g/mol. The van der Waals surface area contributed by atoms with Crippen LogP contribution >= 0.6 is 0 Å². The molecule has 1 saturated heterocycles. The van der Waals surface area contributed by atoms with Gasteiger partial charge < -0.3 is 4.74 Å². The zero-order chi connectivity index (χ0) is 15.3. The van der Waals surface area contributed by atoms with Gasteiger partial charge in [0, 0.05) is 13.0 Å². The lowest BCUT2D eigenvalue weighted by Gasteiger charge is -2.10. The molecule has 0 spiro atoms. The van der Waals surface area contributed by atoms with E-state index in [-0.39, 0.29) is 23.0 Å². The summed E-state index contributed by atoms with van der Waals surface area (Å²) in [5.41, 5.74) is 0.227. The first kappa shape index (κ1) is 15.5. The van der Waals surface area contributed by atoms with Crippen LogP contribution in [0.1, 0.15) is 31.2 Å². The van der Waals surface area contributed by atoms with E-state index in [0.29, 0.717) is 13.0 Å². The molecule has 7 heteroatoms. The van der Waals surface area contributed by atoms with Gasteiger partial charge in [0.1, 0.15) is 0 Å². The second-order valence-electron chi connectivity index (χ2n) is 4.84. The van der Waals surface area contributed by atoms with Crippen LogP contribution in [0.15, 0.2) is 29.2 Å². The summed E-state index contributed by atoms with van der Waals surface area (Å²) in [5, 5.41) is 8.77. The topological polar surface area (TPSA) is 96.3 Å². The van der Waals surface area contributed by atoms with Crippen LogP contribution in [0.3, 0.4) is 0 Å². The van der Waals surface area contributed by atoms with Gasteiger partial charge in [0.05, 0.1) is 22.6 Å². The van der Waals surface area contributed by atoms with Crippen molar-refractivity contribution >= 4 is 15.9 Å². The van der Waals surface area contributed by atoms with Crippen molar-refractivity contribution < 1.29 is 17.9 Å². The fraction of sp³-hybridized carbons (Fsp3) is 0.429. The number of nitrogens with zero attached hydrogens (tertiary/aromatic N) is 1. The van der Waals surface area contributed by atoms with Crippen LogP contribution in [0, 0.1) is 11.3 Å². The monoisotopic (exact) mass is 308 g/mol. The normalized spacial score (nSPS) is 18.1. The summed E-state index contributed by atoms with van der Waals surface area (Å²) < 4.78 is 31.5. The first-order chi connectivity index (χ1) is 10.0. The van der Waals surface area contributed by atoms with E-state index < -0.39 is 15.9 Å². The van der Waals surface area contributed by atoms with Crippen LogP contribution in [0.25, 0.3) is 0 Å². The number of rotatable bonds is 5. The van der Waals surface area contributed by atoms with Crippen LogP contribution in [0.5, 0.6) is 0 Å². The number of carbonyl (C=O) groups excluding carboxylic acids is 1. The summed E-state index contributed by atoms with van der Waals surface area (Å²) in [6.45, 7) is 0.700. The van der Waals surface area contributed by atoms with Gasteiger partial charge in [-0.25, -0.2) is 13.1 Å². The van der Waals surface area contributed by atoms with Gasteiger partial charge in [0.2, 0.25) is 5.91 Å². The molecule has 6 nitrogen and oxygen atoms in total. The number of benzene rings is 1. The molecule has 1 fully saturated rings. The maximum absolute atomic E-state index is 12.0. The molecule has 2 rings (SSSR count). The van der Waals surface area contributed by atoms with Crippen LogP contribution in [-0.2, 0) is 19.6 Å². The van der Waals surface area contributed by atoms with Crippen LogP contribution in [0.4, 0.5) is 0 Å². The van der Waals surface area contributed by atoms with Crippen molar-refractivity contribution in [3.05, 3.63) is 29.8 Å². The van der Waals surface area contributed by atoms with Crippen molar-refractivity contribution in [3.63, 3.8) is 0 Å². The fourth-order valence-electron chi connectivity index (χ4n) is 2.16. The number of ether oxygens (including phenoxy) is 1. The Kier molecular flexibility index (Phi) is 4.94. The van der Waals surface area contributed by atoms with Crippen molar-refractivity contribution in [2.45, 2.75) is 36.7 Å². The van der Waals surface area contributed by atoms with E-state index in [2.05, 4.69) is 0 Å². The smallest absolute Gasteiger partial charge is 0.264 e. The van der Waals surface area contributed by atoms with E-state index in [1.165, 1.54) is 24.3 Å². The summed E-state index contributed by atoms with van der Waals surface area (Å²) in [6.07, 6.45) is 2.54. The molecule has 0 unspecified atom stereocenters. The minimum atomic E-state index is -3.93. The summed E-state index contributed by atoms with van der Waals surface area (Å²) in [4.78, 5) is 11.6. The molecule has 0 radical (unpaired) electrons. The van der Waals surface area contributed by atoms with E-state index >= 15 is 0 Å². The number of hydrogen-bond acceptors (Lipinski definition) is 5. The van der Waals surface area contributed by atoms with Crippen molar-refractivity contribution in [2.24, 2.45) is 0 Å². The molecule has 0 saturated carbocycles. The number of sulfonamides is 1. The molecule has 1 aromatic rings. The zero-order valence-corrected chi connectivity index (χ0v) is 12.2. The molecule has 1 amide bonds. The molecule has 1 N–H and O–H groups in total. The van der Waals surface area contributed by atoms with Gasteiger partial charge in [-0.1, -0.05) is 6.07 Å². The minimum Gasteiger partial charge on any atom is -0.378 e. The molecule has 1 atom stereocenters. The van der Waals surface area contributed by atoms with Gasteiger partial charge >= 0.3 is 0 Å². The second kappa shape index (κ2) is 6.70. The Morgan fingerprint density at radius 2 is 2.29 bits per heavy atom. The Bertz CT molecular complexity index is 658. The number of nitrogens with one attached hydrogen (secondary N) is 1. The molecule has 1 aromatic carbocycles. The van der Waals surface area contributed by atoms with Gasteiger partial charge in [-0.2, -0.15) is 5.26 Å². The Morgan fingerprint density at radius 1 is 1.48 bits per heavy atom. The molecule has 0 aromatic heterocycles. The maximum atomic E-state index is 12.0. The average Bonchev–Trinajstić information content (AvgIpc) is 2.98. The molecular formula is C14H16N2O4S. The molecule has 21 heavy (non-hydrogen) atoms. The molecule has 1 heterocycles. The Labute approximate surface area is 123 Å². The minimum absolute atomic E-state index is 0.0420. The first-order valence-electron chi connectivity index (χ1n) is 6.69. The highest BCUT2D eigenvalue weighted by molar-refractivity contribution is 7.90. The van der Waals surface area contributed by atoms with Crippen molar-refractivity contribution in [3.8, 4) is 6.07 Å². The third-order valence-corrected chi connectivity index (χ3v) is 4.61. The second-order valence-corrected chi connectivity index (χ2v) is 6.52. The number of hydrogen-bond donors (Lipinski definition) is 1. The van der Waals surface area contributed by atoms with E-state index in [1.807, 2.05) is 10.8 Å². The number of carbonyl (C=O) groups is 1. The van der Waals surface area contributed by atoms with Crippen LogP contribution < -0.4 is 4.72 Å². The Balaban J connectivity index is 1.96. The Morgan fingerprint density at radius 3 is 2.95 bits per heavy atom. The molecule has 1 aliphatic heterocycles. The SMILES string of the molecule is N#Cc1cccc(S(=O)(=O)NC(=O)CC[C@@H]2CCCO2)c1. The highest BCUT2D eigenvalue weighted by Gasteiger charge is 2.20. The van der Waals surface area contributed by atoms with Gasteiger partial charge in [-0.15, -0.1) is 0 Å². The summed E-state index contributed by atoms with van der Waals surface area (Å²) in [6, 6.07) is 7.40. The summed E-state index contributed by atoms with van der Waals surface area (Å²) in [5.74, 6) is -0.562. The number of nitriles is 1. The molecular weight excluding hydrogens is 292 g/mol. The first-order valence-corrected chi connectivity index (χ1v) is 8.17. The third kappa shape index (κ3) is 4.28. The standard InChI is InChI=1S/C14H16N2O4S/c15-10-11-3-1-5-13(9-11)21(18,19)16-14(17)7-6-12-4-2-8-20-12/h1,3,5,9,12H,2,4,6-8H2,(H,16,17)/t12-/m0/s1. The predicted octanol–water partition coefficient (Wildman–Crippen LogP) is 1.32. The van der Waals surface area contributed by atoms with E-state index in [1.54, 1.807) is 0 Å². The van der Waals surface area contributed by atoms with E-state index in [0.717, 1.165) is 12.8 Å². The van der Waals surface area contributed by atoms with Crippen LogP contribution in [-0.4, -0.2) is 27.0 Å². The lowest BCUT2D eigenvalue weighted by atomic mass is 10.1. The van der Waals surface area contributed by atoms with Crippen molar-refractivity contribution in [1.29, 1.82) is 5.26 Å². The quantitative estimate of drug-likeness (QED) is 0.885. The van der Waals surface area contributed by atoms with Crippen molar-refractivity contribution in [1.82, 2.24) is 4.72 Å². The van der Waals surface area contributed by atoms with Gasteiger partial charge in [0.25, 0.3) is 10.0 Å². The van der Waals surface area contributed by atoms with Crippen LogP contribution in [0.2, 0.25) is 0 Å². The van der Waals surface area contributed by atoms with E-state index in [4.69, 9.17) is 10.00 Å². The maximum Gasteiger partial charge on any atom is 0.264 e. The lowest BCUT2D eigenvalue weighted by Crippen LogP contribution is -2.31. The molecule has 0 aliphatic carbocycles. The summed E-state index contributed by atoms with van der Waals surface area (Å²) in [7, 11) is -3.93. The Hall–Kier alpha value is -1.91. The summed E-state index contributed by atoms with van der Waals surface area (Å²) >= 11 is 0. The van der Waals surface area contributed by atoms with Gasteiger partial charge in [0.15, 0.2) is 0 Å². The molecule has 0 bridgehead atoms. The zero-order valence-electron chi connectivity index (χ0n) is 11.4. The van der Waals surface area contributed by atoms with E-state index in [9.17, 15) is 13.2 Å². The lowest BCUT2D eigenvalue weighted by molar-refractivity contribution is -0.119. The number of amides is 1. The highest BCUT2D eigenvalue weighted by Crippen LogP contribution is 2.17. The third-order valence-electron chi connectivity index (χ3n) is 3.24. The molecule has 1 aliphatic rings. The largest absolute Gasteiger partial charge is 0.378 e. The van der Waals surface area contributed by atoms with Gasteiger partial charge in [-0.05, 0) is 37.5 Å². The van der Waals surface area contributed by atoms with Crippen molar-refractivity contribution in [2.75, 3.05) is 6.61 Å². The molecule has 112 valence electrons. The highest BCUT2D eigenvalue weighted by atomic mass is 32.2. The predicted molar refractivity (Wildman–Crippen MR) is 74.7 cm³/mol. The fourth-order valence-corrected chi connectivity index (χ4v) is 3.22. The van der Waals surface area contributed by atoms with Gasteiger partial charge in [-0.3, -0.25) is 4.79 Å².